The number of nitrogens with zero attached hydrogens (tertiary/aromatic N) is 3. The topological polar surface area (TPSA) is 72.4 Å². The molecule has 1 aliphatic heterocycles. The second-order valence-electron chi connectivity index (χ2n) is 7.41. The Hall–Kier alpha value is -2.60. The van der Waals surface area contributed by atoms with Crippen LogP contribution in [0.5, 0.6) is 0 Å². The number of aryl methyl sites for hydroxylation is 1. The SMILES string of the molecule is Cc1onc(-c2ccccc2Cl)c1C(=O)N1CCC[C@H]1c1cc(C(C)C)on1. The number of carbonyl (C=O) groups is 1. The Morgan fingerprint density at radius 1 is 1.25 bits per heavy atom. The van der Waals surface area contributed by atoms with Crippen LogP contribution in [0, 0.1) is 6.92 Å². The van der Waals surface area contributed by atoms with E-state index in [1.165, 1.54) is 0 Å². The number of benzene rings is 1. The molecule has 1 saturated heterocycles. The molecular formula is C21H22ClN3O3. The molecule has 0 radical (unpaired) electrons. The molecule has 1 atom stereocenters. The molecule has 0 bridgehead atoms. The van der Waals surface area contributed by atoms with Crippen LogP contribution < -0.4 is 0 Å². The highest BCUT2D eigenvalue weighted by Gasteiger charge is 2.36. The summed E-state index contributed by atoms with van der Waals surface area (Å²) >= 11 is 6.33. The van der Waals surface area contributed by atoms with E-state index in [1.54, 1.807) is 13.0 Å². The van der Waals surface area contributed by atoms with Crippen molar-refractivity contribution >= 4 is 17.5 Å². The summed E-state index contributed by atoms with van der Waals surface area (Å²) in [6.45, 7) is 6.51. The lowest BCUT2D eigenvalue weighted by Crippen LogP contribution is -2.31. The van der Waals surface area contributed by atoms with E-state index in [1.807, 2.05) is 29.2 Å². The summed E-state index contributed by atoms with van der Waals surface area (Å²) in [5.41, 5.74) is 2.40. The highest BCUT2D eigenvalue weighted by atomic mass is 35.5. The predicted molar refractivity (Wildman–Crippen MR) is 105 cm³/mol. The van der Waals surface area contributed by atoms with Gasteiger partial charge in [-0.1, -0.05) is 54.0 Å². The lowest BCUT2D eigenvalue weighted by Gasteiger charge is -2.23. The number of amides is 1. The van der Waals surface area contributed by atoms with E-state index in [9.17, 15) is 4.79 Å². The summed E-state index contributed by atoms with van der Waals surface area (Å²) in [6.07, 6.45) is 1.76. The van der Waals surface area contributed by atoms with Crippen molar-refractivity contribution in [2.75, 3.05) is 6.54 Å². The maximum Gasteiger partial charge on any atom is 0.260 e. The number of carbonyl (C=O) groups excluding carboxylic acids is 1. The first-order valence-electron chi connectivity index (χ1n) is 9.46. The standard InChI is InChI=1S/C21H22ClN3O3/c1-12(2)18-11-16(23-28-18)17-9-6-10-25(17)21(26)19-13(3)27-24-20(19)14-7-4-5-8-15(14)22/h4-5,7-8,11-12,17H,6,9-10H2,1-3H3/t17-/m0/s1. The van der Waals surface area contributed by atoms with Crippen LogP contribution in [0.2, 0.25) is 5.02 Å². The quantitative estimate of drug-likeness (QED) is 0.587. The smallest absolute Gasteiger partial charge is 0.260 e. The van der Waals surface area contributed by atoms with E-state index < -0.39 is 0 Å². The molecule has 2 aromatic heterocycles. The molecule has 1 aliphatic rings. The van der Waals surface area contributed by atoms with Gasteiger partial charge in [0, 0.05) is 24.1 Å². The Labute approximate surface area is 168 Å². The molecule has 4 rings (SSSR count). The zero-order chi connectivity index (χ0) is 19.8. The average molecular weight is 400 g/mol. The maximum absolute atomic E-state index is 13.5. The number of likely N-dealkylation sites (tertiary alicyclic amines) is 1. The van der Waals surface area contributed by atoms with E-state index in [0.717, 1.165) is 24.3 Å². The summed E-state index contributed by atoms with van der Waals surface area (Å²) in [7, 11) is 0. The molecule has 0 aliphatic carbocycles. The Morgan fingerprint density at radius 2 is 2.04 bits per heavy atom. The summed E-state index contributed by atoms with van der Waals surface area (Å²) in [5.74, 6) is 1.44. The minimum absolute atomic E-state index is 0.114. The molecule has 0 saturated carbocycles. The maximum atomic E-state index is 13.5. The third-order valence-corrected chi connectivity index (χ3v) is 5.51. The first-order valence-corrected chi connectivity index (χ1v) is 9.83. The van der Waals surface area contributed by atoms with E-state index in [2.05, 4.69) is 24.2 Å². The minimum Gasteiger partial charge on any atom is -0.361 e. The van der Waals surface area contributed by atoms with Crippen molar-refractivity contribution in [2.45, 2.75) is 45.6 Å². The molecule has 6 nitrogen and oxygen atoms in total. The molecule has 0 unspecified atom stereocenters. The first kappa shape index (κ1) is 18.7. The van der Waals surface area contributed by atoms with E-state index in [0.29, 0.717) is 34.1 Å². The molecule has 1 fully saturated rings. The van der Waals surface area contributed by atoms with Crippen LogP contribution >= 0.6 is 11.6 Å². The lowest BCUT2D eigenvalue weighted by molar-refractivity contribution is 0.0729. The van der Waals surface area contributed by atoms with Crippen molar-refractivity contribution in [1.82, 2.24) is 15.2 Å². The highest BCUT2D eigenvalue weighted by molar-refractivity contribution is 6.33. The predicted octanol–water partition coefficient (Wildman–Crippen LogP) is 5.39. The van der Waals surface area contributed by atoms with Gasteiger partial charge in [-0.05, 0) is 25.8 Å². The Bertz CT molecular complexity index is 1010. The van der Waals surface area contributed by atoms with Crippen molar-refractivity contribution in [3.63, 3.8) is 0 Å². The summed E-state index contributed by atoms with van der Waals surface area (Å²) in [4.78, 5) is 15.3. The Balaban J connectivity index is 1.69. The van der Waals surface area contributed by atoms with Gasteiger partial charge in [0.2, 0.25) is 0 Å². The van der Waals surface area contributed by atoms with Gasteiger partial charge >= 0.3 is 0 Å². The number of rotatable bonds is 4. The second kappa shape index (κ2) is 7.43. The third-order valence-electron chi connectivity index (χ3n) is 5.18. The number of hydrogen-bond acceptors (Lipinski definition) is 5. The largest absolute Gasteiger partial charge is 0.361 e. The van der Waals surface area contributed by atoms with Crippen LogP contribution in [0.4, 0.5) is 0 Å². The summed E-state index contributed by atoms with van der Waals surface area (Å²) < 4.78 is 10.8. The van der Waals surface area contributed by atoms with Crippen LogP contribution in [0.3, 0.4) is 0 Å². The molecule has 0 N–H and O–H groups in total. The Morgan fingerprint density at radius 3 is 2.75 bits per heavy atom. The van der Waals surface area contributed by atoms with Gasteiger partial charge in [0.05, 0.1) is 11.1 Å². The van der Waals surface area contributed by atoms with Crippen molar-refractivity contribution < 1.29 is 13.8 Å². The fourth-order valence-corrected chi connectivity index (χ4v) is 3.88. The monoisotopic (exact) mass is 399 g/mol. The molecule has 28 heavy (non-hydrogen) atoms. The second-order valence-corrected chi connectivity index (χ2v) is 7.81. The first-order chi connectivity index (χ1) is 13.5. The van der Waals surface area contributed by atoms with Crippen LogP contribution in [0.15, 0.2) is 39.4 Å². The lowest BCUT2D eigenvalue weighted by atomic mass is 10.0. The van der Waals surface area contributed by atoms with E-state index in [-0.39, 0.29) is 17.9 Å². The summed E-state index contributed by atoms with van der Waals surface area (Å²) in [5, 5.41) is 8.87. The van der Waals surface area contributed by atoms with Crippen molar-refractivity contribution in [1.29, 1.82) is 0 Å². The fraction of sp³-hybridized carbons (Fsp3) is 0.381. The molecular weight excluding hydrogens is 378 g/mol. The molecule has 1 amide bonds. The number of halogens is 1. The minimum atomic E-state index is -0.120. The Kier molecular flexibility index (Phi) is 4.98. The zero-order valence-electron chi connectivity index (χ0n) is 16.1. The van der Waals surface area contributed by atoms with Crippen LogP contribution in [-0.4, -0.2) is 27.7 Å². The van der Waals surface area contributed by atoms with E-state index in [4.69, 9.17) is 20.6 Å². The van der Waals surface area contributed by atoms with Gasteiger partial charge in [-0.15, -0.1) is 0 Å². The van der Waals surface area contributed by atoms with Gasteiger partial charge < -0.3 is 13.9 Å². The van der Waals surface area contributed by atoms with Crippen LogP contribution in [-0.2, 0) is 0 Å². The molecule has 0 spiro atoms. The summed E-state index contributed by atoms with van der Waals surface area (Å²) in [6, 6.07) is 9.16. The molecule has 7 heteroatoms. The van der Waals surface area contributed by atoms with Crippen LogP contribution in [0.25, 0.3) is 11.3 Å². The van der Waals surface area contributed by atoms with Gasteiger partial charge in [0.15, 0.2) is 0 Å². The third kappa shape index (κ3) is 3.22. The fourth-order valence-electron chi connectivity index (χ4n) is 3.65. The van der Waals surface area contributed by atoms with Gasteiger partial charge in [-0.25, -0.2) is 0 Å². The molecule has 3 heterocycles. The van der Waals surface area contributed by atoms with Gasteiger partial charge in [-0.2, -0.15) is 0 Å². The molecule has 146 valence electrons. The molecule has 3 aromatic rings. The van der Waals surface area contributed by atoms with Crippen molar-refractivity contribution in [3.8, 4) is 11.3 Å². The number of hydrogen-bond donors (Lipinski definition) is 0. The normalized spacial score (nSPS) is 16.9. The number of aromatic nitrogens is 2. The van der Waals surface area contributed by atoms with Gasteiger partial charge in [0.1, 0.15) is 28.5 Å². The van der Waals surface area contributed by atoms with Crippen LogP contribution in [0.1, 0.15) is 66.2 Å². The van der Waals surface area contributed by atoms with Crippen molar-refractivity contribution in [3.05, 3.63) is 58.1 Å². The van der Waals surface area contributed by atoms with Crippen molar-refractivity contribution in [2.24, 2.45) is 0 Å². The van der Waals surface area contributed by atoms with Gasteiger partial charge in [0.25, 0.3) is 5.91 Å². The highest BCUT2D eigenvalue weighted by Crippen LogP contribution is 2.37. The van der Waals surface area contributed by atoms with E-state index >= 15 is 0 Å². The molecule has 1 aromatic carbocycles. The zero-order valence-corrected chi connectivity index (χ0v) is 16.9. The van der Waals surface area contributed by atoms with Gasteiger partial charge in [-0.3, -0.25) is 4.79 Å². The average Bonchev–Trinajstić information content (AvgIpc) is 3.40.